The van der Waals surface area contributed by atoms with Crippen molar-refractivity contribution in [1.82, 2.24) is 5.32 Å². The molecule has 0 heterocycles. The third-order valence-electron chi connectivity index (χ3n) is 2.71. The molecule has 1 amide bonds. The lowest BCUT2D eigenvalue weighted by molar-refractivity contribution is 0.125. The van der Waals surface area contributed by atoms with E-state index in [2.05, 4.69) is 17.4 Å². The van der Waals surface area contributed by atoms with E-state index >= 15 is 0 Å². The number of hydrogen-bond donors (Lipinski definition) is 1. The molecule has 0 atom stereocenters. The SMILES string of the molecule is CCNC(=O)OCCOc1ccc(Sc2ccccc2)cc1. The topological polar surface area (TPSA) is 47.6 Å². The third-order valence-corrected chi connectivity index (χ3v) is 3.72. The molecule has 0 spiro atoms. The summed E-state index contributed by atoms with van der Waals surface area (Å²) in [6, 6.07) is 18.1. The Hall–Kier alpha value is -2.14. The first-order chi connectivity index (χ1) is 10.8. The molecule has 0 fully saturated rings. The predicted octanol–water partition coefficient (Wildman–Crippen LogP) is 3.96. The molecule has 0 radical (unpaired) electrons. The van der Waals surface area contributed by atoms with Crippen molar-refractivity contribution in [3.05, 3.63) is 54.6 Å². The highest BCUT2D eigenvalue weighted by Crippen LogP contribution is 2.28. The number of rotatable bonds is 7. The van der Waals surface area contributed by atoms with E-state index in [4.69, 9.17) is 9.47 Å². The van der Waals surface area contributed by atoms with Gasteiger partial charge in [0.05, 0.1) is 0 Å². The van der Waals surface area contributed by atoms with Gasteiger partial charge in [-0.2, -0.15) is 0 Å². The predicted molar refractivity (Wildman–Crippen MR) is 87.5 cm³/mol. The summed E-state index contributed by atoms with van der Waals surface area (Å²) >= 11 is 1.70. The van der Waals surface area contributed by atoms with E-state index in [0.29, 0.717) is 13.2 Å². The van der Waals surface area contributed by atoms with Crippen LogP contribution in [0.15, 0.2) is 64.4 Å². The molecule has 2 aromatic rings. The van der Waals surface area contributed by atoms with Crippen molar-refractivity contribution in [3.63, 3.8) is 0 Å². The number of hydrogen-bond acceptors (Lipinski definition) is 4. The van der Waals surface area contributed by atoms with Crippen LogP contribution in [0, 0.1) is 0 Å². The molecule has 4 nitrogen and oxygen atoms in total. The molecule has 116 valence electrons. The van der Waals surface area contributed by atoms with Crippen LogP contribution >= 0.6 is 11.8 Å². The van der Waals surface area contributed by atoms with Crippen LogP contribution in [0.25, 0.3) is 0 Å². The maximum atomic E-state index is 11.1. The number of alkyl carbamates (subject to hydrolysis) is 1. The van der Waals surface area contributed by atoms with Gasteiger partial charge in [0, 0.05) is 16.3 Å². The van der Waals surface area contributed by atoms with Gasteiger partial charge in [0.2, 0.25) is 0 Å². The summed E-state index contributed by atoms with van der Waals surface area (Å²) in [5.41, 5.74) is 0. The number of carbonyl (C=O) groups is 1. The Kier molecular flexibility index (Phi) is 6.64. The first kappa shape index (κ1) is 16.2. The minimum atomic E-state index is -0.416. The van der Waals surface area contributed by atoms with Crippen molar-refractivity contribution < 1.29 is 14.3 Å². The number of ether oxygens (including phenoxy) is 2. The summed E-state index contributed by atoms with van der Waals surface area (Å²) in [6.07, 6.45) is -0.416. The minimum absolute atomic E-state index is 0.229. The monoisotopic (exact) mass is 317 g/mol. The maximum Gasteiger partial charge on any atom is 0.407 e. The highest BCUT2D eigenvalue weighted by atomic mass is 32.2. The average Bonchev–Trinajstić information content (AvgIpc) is 2.54. The molecular weight excluding hydrogens is 298 g/mol. The van der Waals surface area contributed by atoms with Gasteiger partial charge in [-0.3, -0.25) is 0 Å². The smallest absolute Gasteiger partial charge is 0.407 e. The molecule has 2 rings (SSSR count). The van der Waals surface area contributed by atoms with Gasteiger partial charge in [-0.1, -0.05) is 30.0 Å². The maximum absolute atomic E-state index is 11.1. The molecule has 0 aliphatic carbocycles. The molecule has 0 aliphatic heterocycles. The molecule has 2 aromatic carbocycles. The van der Waals surface area contributed by atoms with E-state index in [1.807, 2.05) is 49.4 Å². The van der Waals surface area contributed by atoms with E-state index in [9.17, 15) is 4.79 Å². The molecule has 0 unspecified atom stereocenters. The van der Waals surface area contributed by atoms with Crippen molar-refractivity contribution >= 4 is 17.9 Å². The first-order valence-corrected chi connectivity index (χ1v) is 7.96. The van der Waals surface area contributed by atoms with Gasteiger partial charge in [0.25, 0.3) is 0 Å². The first-order valence-electron chi connectivity index (χ1n) is 7.14. The lowest BCUT2D eigenvalue weighted by Crippen LogP contribution is -2.25. The van der Waals surface area contributed by atoms with Crippen molar-refractivity contribution in [2.75, 3.05) is 19.8 Å². The molecule has 0 saturated heterocycles. The fraction of sp³-hybridized carbons (Fsp3) is 0.235. The summed E-state index contributed by atoms with van der Waals surface area (Å²) in [5.74, 6) is 0.761. The van der Waals surface area contributed by atoms with Crippen LogP contribution in [0.3, 0.4) is 0 Å². The van der Waals surface area contributed by atoms with Crippen LogP contribution in [0.4, 0.5) is 4.79 Å². The second kappa shape index (κ2) is 9.00. The summed E-state index contributed by atoms with van der Waals surface area (Å²) in [7, 11) is 0. The van der Waals surface area contributed by atoms with E-state index in [0.717, 1.165) is 10.6 Å². The van der Waals surface area contributed by atoms with Gasteiger partial charge in [0.15, 0.2) is 0 Å². The molecule has 5 heteroatoms. The second-order valence-electron chi connectivity index (χ2n) is 4.40. The van der Waals surface area contributed by atoms with E-state index in [1.54, 1.807) is 11.8 Å². The quantitative estimate of drug-likeness (QED) is 0.785. The number of benzene rings is 2. The number of carbonyl (C=O) groups excluding carboxylic acids is 1. The lowest BCUT2D eigenvalue weighted by Gasteiger charge is -2.08. The summed E-state index contributed by atoms with van der Waals surface area (Å²) in [4.78, 5) is 13.4. The third kappa shape index (κ3) is 5.69. The zero-order chi connectivity index (χ0) is 15.6. The van der Waals surface area contributed by atoms with Gasteiger partial charge < -0.3 is 14.8 Å². The van der Waals surface area contributed by atoms with Crippen LogP contribution < -0.4 is 10.1 Å². The summed E-state index contributed by atoms with van der Waals surface area (Å²) in [6.45, 7) is 2.96. The van der Waals surface area contributed by atoms with Crippen molar-refractivity contribution in [2.45, 2.75) is 16.7 Å². The Morgan fingerprint density at radius 1 is 1.00 bits per heavy atom. The normalized spacial score (nSPS) is 10.0. The van der Waals surface area contributed by atoms with Crippen molar-refractivity contribution in [2.24, 2.45) is 0 Å². The zero-order valence-corrected chi connectivity index (χ0v) is 13.3. The van der Waals surface area contributed by atoms with Gasteiger partial charge in [-0.05, 0) is 43.3 Å². The van der Waals surface area contributed by atoms with Crippen molar-refractivity contribution in [3.8, 4) is 5.75 Å². The fourth-order valence-corrected chi connectivity index (χ4v) is 2.56. The number of nitrogens with one attached hydrogen (secondary N) is 1. The molecule has 0 aliphatic rings. The molecular formula is C17H19NO3S. The fourth-order valence-electron chi connectivity index (χ4n) is 1.72. The lowest BCUT2D eigenvalue weighted by atomic mass is 10.3. The summed E-state index contributed by atoms with van der Waals surface area (Å²) in [5, 5.41) is 2.56. The van der Waals surface area contributed by atoms with Crippen LogP contribution in [-0.2, 0) is 4.74 Å². The van der Waals surface area contributed by atoms with Crippen LogP contribution in [-0.4, -0.2) is 25.9 Å². The van der Waals surface area contributed by atoms with Gasteiger partial charge in [-0.25, -0.2) is 4.79 Å². The molecule has 0 aromatic heterocycles. The highest BCUT2D eigenvalue weighted by Gasteiger charge is 2.01. The standard InChI is InChI=1S/C17H19NO3S/c1-2-18-17(19)21-13-12-20-14-8-10-16(11-9-14)22-15-6-4-3-5-7-15/h3-11H,2,12-13H2,1H3,(H,18,19). The Bertz CT molecular complexity index is 572. The van der Waals surface area contributed by atoms with Crippen LogP contribution in [0.1, 0.15) is 6.92 Å². The largest absolute Gasteiger partial charge is 0.490 e. The van der Waals surface area contributed by atoms with E-state index in [-0.39, 0.29) is 6.61 Å². The molecule has 22 heavy (non-hydrogen) atoms. The molecule has 0 bridgehead atoms. The molecule has 1 N–H and O–H groups in total. The summed E-state index contributed by atoms with van der Waals surface area (Å²) < 4.78 is 10.5. The Morgan fingerprint density at radius 2 is 1.68 bits per heavy atom. The Labute approximate surface area is 134 Å². The Balaban J connectivity index is 1.74. The van der Waals surface area contributed by atoms with Gasteiger partial charge in [-0.15, -0.1) is 0 Å². The van der Waals surface area contributed by atoms with Crippen molar-refractivity contribution in [1.29, 1.82) is 0 Å². The minimum Gasteiger partial charge on any atom is -0.490 e. The highest BCUT2D eigenvalue weighted by molar-refractivity contribution is 7.99. The van der Waals surface area contributed by atoms with E-state index in [1.165, 1.54) is 4.90 Å². The Morgan fingerprint density at radius 3 is 2.36 bits per heavy atom. The zero-order valence-electron chi connectivity index (χ0n) is 12.5. The average molecular weight is 317 g/mol. The van der Waals surface area contributed by atoms with Crippen LogP contribution in [0.2, 0.25) is 0 Å². The van der Waals surface area contributed by atoms with Crippen LogP contribution in [0.5, 0.6) is 5.75 Å². The number of amides is 1. The van der Waals surface area contributed by atoms with E-state index < -0.39 is 6.09 Å². The second-order valence-corrected chi connectivity index (χ2v) is 5.55. The van der Waals surface area contributed by atoms with Gasteiger partial charge >= 0.3 is 6.09 Å². The molecule has 0 saturated carbocycles. The van der Waals surface area contributed by atoms with Gasteiger partial charge in [0.1, 0.15) is 19.0 Å².